The smallest absolute Gasteiger partial charge is 0.417 e. The number of benzene rings is 4. The molecule has 4 aromatic carbocycles. The Kier molecular flexibility index (Phi) is 11.3. The van der Waals surface area contributed by atoms with Gasteiger partial charge in [-0.1, -0.05) is 131 Å². The van der Waals surface area contributed by atoms with E-state index >= 15 is 0 Å². The first-order valence-electron chi connectivity index (χ1n) is 19.5. The maximum absolute atomic E-state index is 6.77. The van der Waals surface area contributed by atoms with E-state index in [1.807, 2.05) is 0 Å². The molecule has 0 spiro atoms. The fourth-order valence-electron chi connectivity index (χ4n) is 7.29. The SMILES string of the molecule is Cc1cc(C)c(OP2OCc3cc(C(C)(C)C)cc(C(C)(C)C)c3O2)c(Cc2cc(C)cc(C)c2OP2OCc3cc(C(C)(C)C)cc(C(C)(C)C)c3O2)c1. The molecule has 2 aliphatic heterocycles. The molecule has 8 heteroatoms. The third-order valence-corrected chi connectivity index (χ3v) is 12.4. The van der Waals surface area contributed by atoms with Crippen molar-refractivity contribution in [3.05, 3.63) is 115 Å². The van der Waals surface area contributed by atoms with Gasteiger partial charge in [0.1, 0.15) is 23.0 Å². The Labute approximate surface area is 333 Å². The minimum Gasteiger partial charge on any atom is -0.417 e. The zero-order chi connectivity index (χ0) is 40.4. The predicted octanol–water partition coefficient (Wildman–Crippen LogP) is 14.1. The standard InChI is InChI=1S/C47H62O6P2/c1-28-17-30(3)40(50-54-48-26-34-22-36(44(5,6)7)24-38(42(34)52-54)46(11,12)13)32(19-28)21-33-20-29(2)18-31(4)41(33)51-55-49-27-35-23-37(45(8,9)10)25-39(43(35)53-55)47(14,15)16/h17-20,22-25H,21,26-27H2,1-16H3. The molecule has 0 radical (unpaired) electrons. The average Bonchev–Trinajstić information content (AvgIpc) is 3.05. The van der Waals surface area contributed by atoms with Crippen LogP contribution >= 0.6 is 17.2 Å². The van der Waals surface area contributed by atoms with Crippen molar-refractivity contribution in [3.63, 3.8) is 0 Å². The minimum absolute atomic E-state index is 0.00471. The second-order valence-corrected chi connectivity index (χ2v) is 21.8. The first-order chi connectivity index (χ1) is 25.4. The summed E-state index contributed by atoms with van der Waals surface area (Å²) in [5.74, 6) is 3.33. The van der Waals surface area contributed by atoms with Crippen LogP contribution < -0.4 is 18.1 Å². The first kappa shape index (κ1) is 41.5. The Hall–Kier alpha value is -3.14. The third kappa shape index (κ3) is 9.20. The van der Waals surface area contributed by atoms with Crippen molar-refractivity contribution in [1.29, 1.82) is 0 Å². The molecule has 0 saturated heterocycles. The van der Waals surface area contributed by atoms with Gasteiger partial charge in [-0.05, 0) is 94.9 Å². The summed E-state index contributed by atoms with van der Waals surface area (Å²) in [4.78, 5) is 0. The molecule has 2 heterocycles. The molecule has 6 rings (SSSR count). The van der Waals surface area contributed by atoms with E-state index in [1.165, 1.54) is 22.3 Å². The lowest BCUT2D eigenvalue weighted by Gasteiger charge is -2.33. The number of aryl methyl sites for hydroxylation is 4. The molecule has 2 aliphatic rings. The van der Waals surface area contributed by atoms with E-state index < -0.39 is 17.2 Å². The lowest BCUT2D eigenvalue weighted by molar-refractivity contribution is 0.229. The summed E-state index contributed by atoms with van der Waals surface area (Å²) in [6, 6.07) is 17.8. The van der Waals surface area contributed by atoms with Crippen LogP contribution in [0.1, 0.15) is 150 Å². The van der Waals surface area contributed by atoms with E-state index in [1.54, 1.807) is 0 Å². The summed E-state index contributed by atoms with van der Waals surface area (Å²) in [6.45, 7) is 36.2. The van der Waals surface area contributed by atoms with Crippen LogP contribution in [-0.4, -0.2) is 0 Å². The van der Waals surface area contributed by atoms with Gasteiger partial charge in [0.2, 0.25) is 0 Å². The van der Waals surface area contributed by atoms with E-state index in [-0.39, 0.29) is 21.7 Å². The Balaban J connectivity index is 1.30. The van der Waals surface area contributed by atoms with Gasteiger partial charge in [-0.25, -0.2) is 0 Å². The van der Waals surface area contributed by atoms with Crippen molar-refractivity contribution in [2.45, 2.75) is 152 Å². The highest BCUT2D eigenvalue weighted by molar-refractivity contribution is 7.43. The lowest BCUT2D eigenvalue weighted by Crippen LogP contribution is -2.21. The van der Waals surface area contributed by atoms with E-state index in [9.17, 15) is 0 Å². The maximum atomic E-state index is 6.77. The van der Waals surface area contributed by atoms with Crippen molar-refractivity contribution >= 4 is 17.2 Å². The van der Waals surface area contributed by atoms with E-state index in [0.29, 0.717) is 19.6 Å². The molecule has 296 valence electrons. The van der Waals surface area contributed by atoms with Crippen LogP contribution in [0.3, 0.4) is 0 Å². The van der Waals surface area contributed by atoms with Gasteiger partial charge >= 0.3 is 17.2 Å². The molecule has 0 amide bonds. The molecule has 55 heavy (non-hydrogen) atoms. The Morgan fingerprint density at radius 3 is 1.18 bits per heavy atom. The number of hydrogen-bond donors (Lipinski definition) is 0. The van der Waals surface area contributed by atoms with E-state index in [2.05, 4.69) is 159 Å². The van der Waals surface area contributed by atoms with Crippen LogP contribution in [0.2, 0.25) is 0 Å². The van der Waals surface area contributed by atoms with Crippen molar-refractivity contribution in [2.24, 2.45) is 0 Å². The van der Waals surface area contributed by atoms with Crippen LogP contribution in [0.4, 0.5) is 0 Å². The fourth-order valence-corrected chi connectivity index (χ4v) is 9.61. The molecule has 0 N–H and O–H groups in total. The normalized spacial score (nSPS) is 17.5. The van der Waals surface area contributed by atoms with Crippen LogP contribution in [0.25, 0.3) is 0 Å². The van der Waals surface area contributed by atoms with Gasteiger partial charge in [0.15, 0.2) is 0 Å². The monoisotopic (exact) mass is 784 g/mol. The number of fused-ring (bicyclic) bond motifs is 2. The highest BCUT2D eigenvalue weighted by Crippen LogP contribution is 2.55. The zero-order valence-corrected chi connectivity index (χ0v) is 37.9. The molecule has 4 aromatic rings. The van der Waals surface area contributed by atoms with Crippen LogP contribution in [-0.2, 0) is 50.3 Å². The van der Waals surface area contributed by atoms with Crippen LogP contribution in [0, 0.1) is 27.7 Å². The molecule has 0 saturated carbocycles. The maximum Gasteiger partial charge on any atom is 0.463 e. The Morgan fingerprint density at radius 2 is 0.855 bits per heavy atom. The molecule has 2 atom stereocenters. The van der Waals surface area contributed by atoms with Gasteiger partial charge in [-0.15, -0.1) is 0 Å². The predicted molar refractivity (Wildman–Crippen MR) is 228 cm³/mol. The highest BCUT2D eigenvalue weighted by Gasteiger charge is 2.36. The van der Waals surface area contributed by atoms with Gasteiger partial charge < -0.3 is 18.1 Å². The summed E-state index contributed by atoms with van der Waals surface area (Å²) in [5.41, 5.74) is 13.3. The number of rotatable bonds is 6. The zero-order valence-electron chi connectivity index (χ0n) is 36.1. The van der Waals surface area contributed by atoms with Crippen LogP contribution in [0.15, 0.2) is 48.5 Å². The van der Waals surface area contributed by atoms with Crippen molar-refractivity contribution < 1.29 is 27.1 Å². The second-order valence-electron chi connectivity index (χ2n) is 19.7. The van der Waals surface area contributed by atoms with Crippen molar-refractivity contribution in [3.8, 4) is 23.0 Å². The summed E-state index contributed by atoms with van der Waals surface area (Å²) < 4.78 is 39.6. The van der Waals surface area contributed by atoms with Crippen molar-refractivity contribution in [1.82, 2.24) is 0 Å². The van der Waals surface area contributed by atoms with Crippen LogP contribution in [0.5, 0.6) is 23.0 Å². The average molecular weight is 785 g/mol. The molecule has 0 aromatic heterocycles. The first-order valence-corrected chi connectivity index (χ1v) is 21.7. The van der Waals surface area contributed by atoms with E-state index in [0.717, 1.165) is 67.5 Å². The topological polar surface area (TPSA) is 55.4 Å². The highest BCUT2D eigenvalue weighted by atomic mass is 31.2. The summed E-state index contributed by atoms with van der Waals surface area (Å²) in [6.07, 6.45) is 0.583. The summed E-state index contributed by atoms with van der Waals surface area (Å²) in [7, 11) is -3.40. The third-order valence-electron chi connectivity index (χ3n) is 10.4. The number of hydrogen-bond acceptors (Lipinski definition) is 6. The minimum atomic E-state index is -1.70. The largest absolute Gasteiger partial charge is 0.463 e. The molecular formula is C47H62O6P2. The molecule has 0 bridgehead atoms. The van der Waals surface area contributed by atoms with E-state index in [4.69, 9.17) is 27.1 Å². The fraction of sp³-hybridized carbons (Fsp3) is 0.489. The van der Waals surface area contributed by atoms with Gasteiger partial charge in [0.25, 0.3) is 0 Å². The van der Waals surface area contributed by atoms with Gasteiger partial charge in [-0.2, -0.15) is 0 Å². The van der Waals surface area contributed by atoms with Gasteiger partial charge in [-0.3, -0.25) is 9.05 Å². The quantitative estimate of drug-likeness (QED) is 0.182. The molecule has 0 aliphatic carbocycles. The molecular weight excluding hydrogens is 722 g/mol. The Bertz CT molecular complexity index is 1940. The molecule has 6 nitrogen and oxygen atoms in total. The lowest BCUT2D eigenvalue weighted by atomic mass is 9.79. The second kappa shape index (κ2) is 15.0. The summed E-state index contributed by atoms with van der Waals surface area (Å²) in [5, 5.41) is 0. The van der Waals surface area contributed by atoms with Gasteiger partial charge in [0, 0.05) is 28.7 Å². The molecule has 0 fully saturated rings. The summed E-state index contributed by atoms with van der Waals surface area (Å²) >= 11 is 0. The Morgan fingerprint density at radius 1 is 0.491 bits per heavy atom. The van der Waals surface area contributed by atoms with Crippen molar-refractivity contribution in [2.75, 3.05) is 0 Å². The van der Waals surface area contributed by atoms with Gasteiger partial charge in [0.05, 0.1) is 13.2 Å². The molecule has 2 unspecified atom stereocenters.